The molecule has 1 fully saturated rings. The van der Waals surface area contributed by atoms with Crippen LogP contribution in [0.25, 0.3) is 27.9 Å². The number of halogens is 3. The van der Waals surface area contributed by atoms with E-state index in [9.17, 15) is 23.6 Å². The monoisotopic (exact) mass is 762 g/mol. The molecule has 0 N–H and O–H groups in total. The van der Waals surface area contributed by atoms with Gasteiger partial charge < -0.3 is 14.4 Å². The van der Waals surface area contributed by atoms with Gasteiger partial charge in [0.25, 0.3) is 12.3 Å². The Bertz CT molecular complexity index is 2590. The van der Waals surface area contributed by atoms with Crippen molar-refractivity contribution in [2.45, 2.75) is 72.5 Å². The number of imidazole rings is 1. The average Bonchev–Trinajstić information content (AvgIpc) is 3.65. The predicted molar refractivity (Wildman–Crippen MR) is 203 cm³/mol. The largest absolute Gasteiger partial charge is 0.335 e. The highest BCUT2D eigenvalue weighted by molar-refractivity contribution is 5.93. The highest BCUT2D eigenvalue weighted by Gasteiger charge is 2.32. The summed E-state index contributed by atoms with van der Waals surface area (Å²) in [5.74, 6) is -1.45. The lowest BCUT2D eigenvalue weighted by molar-refractivity contribution is 0.0724. The quantitative estimate of drug-likeness (QED) is 0.180. The van der Waals surface area contributed by atoms with Crippen LogP contribution in [0.5, 0.6) is 0 Å². The first-order valence-electron chi connectivity index (χ1n) is 18.7. The molecule has 0 saturated carbocycles. The van der Waals surface area contributed by atoms with Crippen molar-refractivity contribution in [3.63, 3.8) is 0 Å². The number of aryl methyl sites for hydroxylation is 1. The van der Waals surface area contributed by atoms with Crippen molar-refractivity contribution in [3.8, 4) is 11.8 Å². The van der Waals surface area contributed by atoms with Crippen LogP contribution in [0.2, 0.25) is 0 Å². The van der Waals surface area contributed by atoms with Crippen LogP contribution in [0.15, 0.2) is 59.7 Å². The number of aromatic nitrogens is 7. The van der Waals surface area contributed by atoms with Crippen molar-refractivity contribution >= 4 is 28.1 Å². The molecule has 288 valence electrons. The molecule has 8 rings (SSSR count). The zero-order valence-electron chi connectivity index (χ0n) is 31.6. The second kappa shape index (κ2) is 14.3. The molecule has 2 aliphatic rings. The van der Waals surface area contributed by atoms with Gasteiger partial charge in [0.2, 0.25) is 0 Å². The first kappa shape index (κ1) is 37.1. The average molecular weight is 763 g/mol. The van der Waals surface area contributed by atoms with E-state index >= 15 is 4.39 Å². The molecule has 5 aromatic heterocycles. The molecule has 6 aromatic rings. The molecule has 0 spiro atoms. The van der Waals surface area contributed by atoms with Crippen LogP contribution in [0.4, 0.5) is 13.2 Å². The molecule has 12 nitrogen and oxygen atoms in total. The number of carbonyl (C=O) groups excluding carboxylic acids is 1. The molecule has 2 aliphatic heterocycles. The minimum Gasteiger partial charge on any atom is -0.331 e. The van der Waals surface area contributed by atoms with Gasteiger partial charge in [0, 0.05) is 55.1 Å². The summed E-state index contributed by atoms with van der Waals surface area (Å²) in [5, 5.41) is 10.1. The Balaban J connectivity index is 1.10. The number of carbonyl (C=O) groups is 1. The van der Waals surface area contributed by atoms with Crippen molar-refractivity contribution in [1.29, 1.82) is 5.26 Å². The summed E-state index contributed by atoms with van der Waals surface area (Å²) in [7, 11) is 0. The third-order valence-electron chi connectivity index (χ3n) is 10.8. The summed E-state index contributed by atoms with van der Waals surface area (Å²) in [6.45, 7) is 11.4. The fourth-order valence-corrected chi connectivity index (χ4v) is 8.30. The fraction of sp³-hybridized carbons (Fsp3) is 0.390. The van der Waals surface area contributed by atoms with Gasteiger partial charge in [-0.25, -0.2) is 37.9 Å². The van der Waals surface area contributed by atoms with Crippen molar-refractivity contribution in [1.82, 2.24) is 43.4 Å². The van der Waals surface area contributed by atoms with Gasteiger partial charge >= 0.3 is 5.69 Å². The van der Waals surface area contributed by atoms with Gasteiger partial charge in [0.05, 0.1) is 42.3 Å². The predicted octanol–water partition coefficient (Wildman–Crippen LogP) is 6.51. The van der Waals surface area contributed by atoms with Crippen LogP contribution >= 0.6 is 0 Å². The molecule has 1 aromatic carbocycles. The standard InChI is InChI=1S/C41H41F3N10O2/c1-24-34-38(49-36(48-24)35(43)44)54(27-11-15-50(16-12-27)23-41(2,3)4)40(56)53(34)28-9-10-32(47-20-28)39(55)51-17-13-29-30-6-5-14-46-37(30)52(33(29)22-51)21-26-8-7-25(19-45)18-31(26)42/h5-10,14,18,20,27,35H,11-13,15-17,21-23H2,1-4H3. The van der Waals surface area contributed by atoms with Crippen LogP contribution in [0.3, 0.4) is 0 Å². The number of amides is 1. The smallest absolute Gasteiger partial charge is 0.331 e. The van der Waals surface area contributed by atoms with Crippen LogP contribution in [-0.4, -0.2) is 75.5 Å². The zero-order valence-corrected chi connectivity index (χ0v) is 31.6. The number of alkyl halides is 2. The second-order valence-corrected chi connectivity index (χ2v) is 15.9. The maximum Gasteiger partial charge on any atom is 0.335 e. The lowest BCUT2D eigenvalue weighted by Crippen LogP contribution is -2.41. The molecule has 56 heavy (non-hydrogen) atoms. The summed E-state index contributed by atoms with van der Waals surface area (Å²) >= 11 is 0. The molecule has 1 amide bonds. The summed E-state index contributed by atoms with van der Waals surface area (Å²) < 4.78 is 47.8. The normalized spacial score (nSPS) is 15.5. The van der Waals surface area contributed by atoms with E-state index < -0.39 is 23.8 Å². The van der Waals surface area contributed by atoms with E-state index in [0.29, 0.717) is 48.2 Å². The number of piperidine rings is 1. The third kappa shape index (κ3) is 6.72. The van der Waals surface area contributed by atoms with Gasteiger partial charge in [-0.05, 0) is 73.6 Å². The Labute approximate surface area is 320 Å². The van der Waals surface area contributed by atoms with Gasteiger partial charge in [-0.2, -0.15) is 5.26 Å². The van der Waals surface area contributed by atoms with E-state index in [-0.39, 0.29) is 53.1 Å². The van der Waals surface area contributed by atoms with Crippen LogP contribution in [-0.2, 0) is 19.5 Å². The number of hydrogen-bond acceptors (Lipinski definition) is 8. The fourth-order valence-electron chi connectivity index (χ4n) is 8.30. The van der Waals surface area contributed by atoms with Crippen LogP contribution in [0, 0.1) is 29.5 Å². The summed E-state index contributed by atoms with van der Waals surface area (Å²) in [6, 6.07) is 13.1. The van der Waals surface area contributed by atoms with E-state index in [1.165, 1.54) is 21.4 Å². The van der Waals surface area contributed by atoms with Gasteiger partial charge in [0.1, 0.15) is 22.7 Å². The summed E-state index contributed by atoms with van der Waals surface area (Å²) in [6.07, 6.45) is 2.07. The molecular weight excluding hydrogens is 722 g/mol. The second-order valence-electron chi connectivity index (χ2n) is 15.9. The Morgan fingerprint density at radius 2 is 1.82 bits per heavy atom. The number of likely N-dealkylation sites (tertiary alicyclic amines) is 1. The number of rotatable bonds is 7. The maximum atomic E-state index is 15.1. The first-order chi connectivity index (χ1) is 26.8. The molecular formula is C41H41F3N10O2. The molecule has 1 saturated heterocycles. The summed E-state index contributed by atoms with van der Waals surface area (Å²) in [5.41, 5.74) is 4.08. The molecule has 0 unspecified atom stereocenters. The molecule has 0 atom stereocenters. The van der Waals surface area contributed by atoms with E-state index in [2.05, 4.69) is 45.6 Å². The van der Waals surface area contributed by atoms with Crippen LogP contribution in [0.1, 0.15) is 90.5 Å². The Hall–Kier alpha value is -5.88. The van der Waals surface area contributed by atoms with Crippen LogP contribution < -0.4 is 5.69 Å². The molecule has 15 heteroatoms. The number of nitrogens with zero attached hydrogens (tertiary/aromatic N) is 10. The lowest BCUT2D eigenvalue weighted by atomic mass is 9.94. The highest BCUT2D eigenvalue weighted by Crippen LogP contribution is 2.33. The van der Waals surface area contributed by atoms with E-state index in [1.807, 2.05) is 22.8 Å². The van der Waals surface area contributed by atoms with Crippen molar-refractivity contribution in [3.05, 3.63) is 111 Å². The SMILES string of the molecule is Cc1nc(C(F)F)nc2c1n(-c1ccc(C(=O)N3CCc4c(n(Cc5ccc(C#N)cc5F)c5ncccc45)C3)nc1)c(=O)n2C1CCN(CC(C)(C)C)CC1. The summed E-state index contributed by atoms with van der Waals surface area (Å²) in [4.78, 5) is 49.8. The maximum absolute atomic E-state index is 15.1. The minimum absolute atomic E-state index is 0.110. The van der Waals surface area contributed by atoms with Gasteiger partial charge in [0.15, 0.2) is 11.5 Å². The first-order valence-corrected chi connectivity index (χ1v) is 18.7. The number of nitriles is 1. The van der Waals surface area contributed by atoms with E-state index in [1.54, 1.807) is 42.3 Å². The molecule has 0 bridgehead atoms. The Morgan fingerprint density at radius 3 is 2.50 bits per heavy atom. The number of pyridine rings is 2. The third-order valence-corrected chi connectivity index (χ3v) is 10.8. The Kier molecular flexibility index (Phi) is 9.48. The lowest BCUT2D eigenvalue weighted by Gasteiger charge is -2.36. The highest BCUT2D eigenvalue weighted by atomic mass is 19.3. The van der Waals surface area contributed by atoms with Gasteiger partial charge in [-0.15, -0.1) is 0 Å². The number of benzene rings is 1. The zero-order chi connectivity index (χ0) is 39.5. The van der Waals surface area contributed by atoms with Crippen molar-refractivity contribution in [2.75, 3.05) is 26.2 Å². The van der Waals surface area contributed by atoms with Gasteiger partial charge in [-0.1, -0.05) is 26.8 Å². The molecule has 7 heterocycles. The van der Waals surface area contributed by atoms with Gasteiger partial charge in [-0.3, -0.25) is 13.9 Å². The van der Waals surface area contributed by atoms with Crippen molar-refractivity contribution in [2.24, 2.45) is 5.41 Å². The molecule has 0 radical (unpaired) electrons. The van der Waals surface area contributed by atoms with E-state index in [0.717, 1.165) is 36.3 Å². The molecule has 0 aliphatic carbocycles. The topological polar surface area (TPSA) is 131 Å². The minimum atomic E-state index is -2.91. The van der Waals surface area contributed by atoms with Crippen molar-refractivity contribution < 1.29 is 18.0 Å². The number of fused-ring (bicyclic) bond motifs is 4. The van der Waals surface area contributed by atoms with E-state index in [4.69, 9.17) is 0 Å². The number of hydrogen-bond donors (Lipinski definition) is 0. The Morgan fingerprint density at radius 1 is 1.04 bits per heavy atom.